The van der Waals surface area contributed by atoms with Gasteiger partial charge in [0, 0.05) is 11.1 Å². The fraction of sp³-hybridized carbons (Fsp3) is 0.150. The van der Waals surface area contributed by atoms with E-state index in [0.717, 1.165) is 11.3 Å². The van der Waals surface area contributed by atoms with Gasteiger partial charge in [-0.15, -0.1) is 11.3 Å². The SMILES string of the molecule is COc1ccc(C=NC(c2ccc(C)cc2)c2cccs2)cc1. The number of aryl methyl sites for hydroxylation is 1. The first kappa shape index (κ1) is 15.5. The Hall–Kier alpha value is -2.39. The van der Waals surface area contributed by atoms with Gasteiger partial charge in [0.1, 0.15) is 11.8 Å². The Bertz CT molecular complexity index is 758. The van der Waals surface area contributed by atoms with Crippen molar-refractivity contribution in [2.45, 2.75) is 13.0 Å². The molecule has 0 saturated heterocycles. The molecule has 2 aromatic carbocycles. The Morgan fingerprint density at radius 1 is 1.00 bits per heavy atom. The lowest BCUT2D eigenvalue weighted by Crippen LogP contribution is -1.97. The van der Waals surface area contributed by atoms with Gasteiger partial charge in [-0.3, -0.25) is 4.99 Å². The molecule has 0 amide bonds. The van der Waals surface area contributed by atoms with Gasteiger partial charge in [0.05, 0.1) is 7.11 Å². The second-order valence-electron chi connectivity index (χ2n) is 5.38. The monoisotopic (exact) mass is 321 g/mol. The van der Waals surface area contributed by atoms with Crippen LogP contribution in [-0.2, 0) is 0 Å². The van der Waals surface area contributed by atoms with Crippen LogP contribution in [0.25, 0.3) is 0 Å². The standard InChI is InChI=1S/C20H19NOS/c1-15-5-9-17(10-6-15)20(19-4-3-13-23-19)21-14-16-7-11-18(22-2)12-8-16/h3-14,20H,1-2H3. The lowest BCUT2D eigenvalue weighted by Gasteiger charge is -2.11. The van der Waals surface area contributed by atoms with Crippen LogP contribution in [-0.4, -0.2) is 13.3 Å². The van der Waals surface area contributed by atoms with Crippen molar-refractivity contribution in [2.75, 3.05) is 7.11 Å². The quantitative estimate of drug-likeness (QED) is 0.586. The second-order valence-corrected chi connectivity index (χ2v) is 6.36. The van der Waals surface area contributed by atoms with Crippen molar-refractivity contribution in [1.82, 2.24) is 0 Å². The van der Waals surface area contributed by atoms with Crippen molar-refractivity contribution in [3.63, 3.8) is 0 Å². The van der Waals surface area contributed by atoms with Crippen LogP contribution in [0, 0.1) is 6.92 Å². The maximum absolute atomic E-state index is 5.19. The van der Waals surface area contributed by atoms with Gasteiger partial charge in [-0.25, -0.2) is 0 Å². The summed E-state index contributed by atoms with van der Waals surface area (Å²) < 4.78 is 5.19. The molecule has 1 atom stereocenters. The summed E-state index contributed by atoms with van der Waals surface area (Å²) in [5.74, 6) is 0.857. The number of hydrogen-bond donors (Lipinski definition) is 0. The number of ether oxygens (including phenoxy) is 1. The van der Waals surface area contributed by atoms with Crippen molar-refractivity contribution < 1.29 is 4.74 Å². The summed E-state index contributed by atoms with van der Waals surface area (Å²) in [6.45, 7) is 2.10. The summed E-state index contributed by atoms with van der Waals surface area (Å²) in [4.78, 5) is 6.09. The molecule has 3 aromatic rings. The minimum absolute atomic E-state index is 0.0395. The molecule has 0 spiro atoms. The van der Waals surface area contributed by atoms with Crippen LogP contribution in [0.2, 0.25) is 0 Å². The highest BCUT2D eigenvalue weighted by molar-refractivity contribution is 7.10. The number of methoxy groups -OCH3 is 1. The van der Waals surface area contributed by atoms with Crippen LogP contribution in [0.5, 0.6) is 5.75 Å². The van der Waals surface area contributed by atoms with Gasteiger partial charge >= 0.3 is 0 Å². The van der Waals surface area contributed by atoms with Gasteiger partial charge in [-0.1, -0.05) is 35.9 Å². The topological polar surface area (TPSA) is 21.6 Å². The Morgan fingerprint density at radius 3 is 2.35 bits per heavy atom. The van der Waals surface area contributed by atoms with Gasteiger partial charge in [0.2, 0.25) is 0 Å². The highest BCUT2D eigenvalue weighted by Gasteiger charge is 2.13. The summed E-state index contributed by atoms with van der Waals surface area (Å²) in [6, 6.07) is 20.8. The minimum atomic E-state index is 0.0395. The molecule has 3 heteroatoms. The normalized spacial score (nSPS) is 12.4. The lowest BCUT2D eigenvalue weighted by molar-refractivity contribution is 0.415. The molecule has 0 fully saturated rings. The van der Waals surface area contributed by atoms with Gasteiger partial charge in [0.15, 0.2) is 0 Å². The summed E-state index contributed by atoms with van der Waals surface area (Å²) in [7, 11) is 1.67. The molecule has 1 unspecified atom stereocenters. The highest BCUT2D eigenvalue weighted by Crippen LogP contribution is 2.29. The molecule has 0 bridgehead atoms. The largest absolute Gasteiger partial charge is 0.497 e. The van der Waals surface area contributed by atoms with Crippen LogP contribution in [0.1, 0.15) is 27.6 Å². The van der Waals surface area contributed by atoms with Crippen LogP contribution in [0.15, 0.2) is 71.0 Å². The van der Waals surface area contributed by atoms with Crippen molar-refractivity contribution in [3.8, 4) is 5.75 Å². The van der Waals surface area contributed by atoms with E-state index in [1.165, 1.54) is 16.0 Å². The fourth-order valence-electron chi connectivity index (χ4n) is 2.37. The first-order chi connectivity index (χ1) is 11.3. The number of nitrogens with zero attached hydrogens (tertiary/aromatic N) is 1. The first-order valence-corrected chi connectivity index (χ1v) is 8.41. The number of thiophene rings is 1. The van der Waals surface area contributed by atoms with E-state index < -0.39 is 0 Å². The van der Waals surface area contributed by atoms with E-state index in [2.05, 4.69) is 48.7 Å². The third-order valence-corrected chi connectivity index (χ3v) is 4.62. The zero-order chi connectivity index (χ0) is 16.1. The Kier molecular flexibility index (Phi) is 4.89. The molecule has 1 aromatic heterocycles. The average molecular weight is 321 g/mol. The van der Waals surface area contributed by atoms with Crippen LogP contribution in [0.4, 0.5) is 0 Å². The fourth-order valence-corrected chi connectivity index (χ4v) is 3.17. The van der Waals surface area contributed by atoms with E-state index in [1.807, 2.05) is 30.5 Å². The molecule has 0 aliphatic rings. The van der Waals surface area contributed by atoms with E-state index in [-0.39, 0.29) is 6.04 Å². The van der Waals surface area contributed by atoms with Crippen molar-refractivity contribution in [2.24, 2.45) is 4.99 Å². The van der Waals surface area contributed by atoms with E-state index in [0.29, 0.717) is 0 Å². The molecule has 0 N–H and O–H groups in total. The molecule has 0 aliphatic heterocycles. The lowest BCUT2D eigenvalue weighted by atomic mass is 10.0. The molecule has 1 heterocycles. The number of aliphatic imine (C=N–C) groups is 1. The van der Waals surface area contributed by atoms with Gasteiger partial charge < -0.3 is 4.74 Å². The molecule has 0 saturated carbocycles. The summed E-state index contributed by atoms with van der Waals surface area (Å²) >= 11 is 1.74. The predicted molar refractivity (Wildman–Crippen MR) is 97.9 cm³/mol. The first-order valence-electron chi connectivity index (χ1n) is 7.53. The third-order valence-electron chi connectivity index (χ3n) is 3.69. The molecule has 0 radical (unpaired) electrons. The van der Waals surface area contributed by atoms with Gasteiger partial charge in [-0.2, -0.15) is 0 Å². The van der Waals surface area contributed by atoms with Crippen LogP contribution >= 0.6 is 11.3 Å². The molecular weight excluding hydrogens is 302 g/mol. The number of hydrogen-bond acceptors (Lipinski definition) is 3. The average Bonchev–Trinajstić information content (AvgIpc) is 3.11. The van der Waals surface area contributed by atoms with Crippen molar-refractivity contribution in [1.29, 1.82) is 0 Å². The molecule has 116 valence electrons. The minimum Gasteiger partial charge on any atom is -0.497 e. The molecule has 23 heavy (non-hydrogen) atoms. The maximum Gasteiger partial charge on any atom is 0.118 e. The Labute approximate surface area is 141 Å². The molecular formula is C20H19NOS. The molecule has 0 aliphatic carbocycles. The molecule has 2 nitrogen and oxygen atoms in total. The van der Waals surface area contributed by atoms with E-state index in [1.54, 1.807) is 18.4 Å². The van der Waals surface area contributed by atoms with E-state index >= 15 is 0 Å². The second kappa shape index (κ2) is 7.25. The number of rotatable bonds is 5. The smallest absolute Gasteiger partial charge is 0.118 e. The van der Waals surface area contributed by atoms with E-state index in [9.17, 15) is 0 Å². The Balaban J connectivity index is 1.89. The van der Waals surface area contributed by atoms with E-state index in [4.69, 9.17) is 9.73 Å². The van der Waals surface area contributed by atoms with Gasteiger partial charge in [-0.05, 0) is 53.8 Å². The van der Waals surface area contributed by atoms with Crippen molar-refractivity contribution in [3.05, 3.63) is 87.6 Å². The molecule has 3 rings (SSSR count). The number of benzene rings is 2. The van der Waals surface area contributed by atoms with Crippen LogP contribution < -0.4 is 4.74 Å². The summed E-state index contributed by atoms with van der Waals surface area (Å²) in [5.41, 5.74) is 3.54. The summed E-state index contributed by atoms with van der Waals surface area (Å²) in [6.07, 6.45) is 1.93. The van der Waals surface area contributed by atoms with Crippen molar-refractivity contribution >= 4 is 17.6 Å². The van der Waals surface area contributed by atoms with Gasteiger partial charge in [0.25, 0.3) is 0 Å². The highest BCUT2D eigenvalue weighted by atomic mass is 32.1. The Morgan fingerprint density at radius 2 is 1.74 bits per heavy atom. The zero-order valence-corrected chi connectivity index (χ0v) is 14.1. The zero-order valence-electron chi connectivity index (χ0n) is 13.3. The maximum atomic E-state index is 5.19. The van der Waals surface area contributed by atoms with Crippen LogP contribution in [0.3, 0.4) is 0 Å². The predicted octanol–water partition coefficient (Wildman–Crippen LogP) is 5.27. The summed E-state index contributed by atoms with van der Waals surface area (Å²) in [5, 5.41) is 2.10. The third kappa shape index (κ3) is 3.88.